The Hall–Kier alpha value is -0.850. The fourth-order valence-corrected chi connectivity index (χ4v) is 3.27. The van der Waals surface area contributed by atoms with Gasteiger partial charge in [0.15, 0.2) is 0 Å². The Balaban J connectivity index is 0.00000242. The molecule has 1 atom stereocenters. The van der Waals surface area contributed by atoms with Crippen molar-refractivity contribution in [1.29, 1.82) is 0 Å². The lowest BCUT2D eigenvalue weighted by Gasteiger charge is -2.36. The molecule has 2 heterocycles. The van der Waals surface area contributed by atoms with E-state index in [4.69, 9.17) is 4.74 Å². The third kappa shape index (κ3) is 4.57. The molecule has 0 saturated carbocycles. The van der Waals surface area contributed by atoms with Gasteiger partial charge in [-0.1, -0.05) is 0 Å². The molecule has 128 valence electrons. The fourth-order valence-electron chi connectivity index (χ4n) is 3.27. The standard InChI is InChI=1S/C15H27N3O3.ClH/c1-12(10-18-9-3-4-13(18)19)17-14(20)15(11-21-2)5-7-16-8-6-15;/h12,16H,3-11H2,1-2H3,(H,17,20);1H. The van der Waals surface area contributed by atoms with Gasteiger partial charge in [-0.25, -0.2) is 0 Å². The van der Waals surface area contributed by atoms with Gasteiger partial charge in [-0.05, 0) is 39.3 Å². The predicted molar refractivity (Wildman–Crippen MR) is 87.1 cm³/mol. The highest BCUT2D eigenvalue weighted by Gasteiger charge is 2.40. The molecule has 0 aromatic rings. The van der Waals surface area contributed by atoms with E-state index in [-0.39, 0.29) is 30.3 Å². The van der Waals surface area contributed by atoms with Gasteiger partial charge < -0.3 is 20.3 Å². The van der Waals surface area contributed by atoms with Crippen LogP contribution in [0.2, 0.25) is 0 Å². The van der Waals surface area contributed by atoms with Crippen LogP contribution in [0, 0.1) is 5.41 Å². The first-order valence-electron chi connectivity index (χ1n) is 7.86. The number of carbonyl (C=O) groups excluding carboxylic acids is 2. The Bertz CT molecular complexity index is 381. The van der Waals surface area contributed by atoms with Crippen molar-refractivity contribution in [2.45, 2.75) is 38.6 Å². The number of likely N-dealkylation sites (tertiary alicyclic amines) is 1. The number of methoxy groups -OCH3 is 1. The van der Waals surface area contributed by atoms with E-state index in [0.29, 0.717) is 19.6 Å². The van der Waals surface area contributed by atoms with E-state index < -0.39 is 5.41 Å². The van der Waals surface area contributed by atoms with Gasteiger partial charge in [-0.2, -0.15) is 0 Å². The van der Waals surface area contributed by atoms with Crippen molar-refractivity contribution in [2.24, 2.45) is 5.41 Å². The van der Waals surface area contributed by atoms with Gasteiger partial charge in [-0.3, -0.25) is 9.59 Å². The molecule has 6 nitrogen and oxygen atoms in total. The Kier molecular flexibility index (Phi) is 7.59. The Morgan fingerprint density at radius 2 is 2.14 bits per heavy atom. The Morgan fingerprint density at radius 3 is 2.68 bits per heavy atom. The Labute approximate surface area is 138 Å². The minimum atomic E-state index is -0.427. The van der Waals surface area contributed by atoms with Crippen molar-refractivity contribution < 1.29 is 14.3 Å². The number of amides is 2. The van der Waals surface area contributed by atoms with Crippen LogP contribution in [-0.2, 0) is 14.3 Å². The topological polar surface area (TPSA) is 70.7 Å². The van der Waals surface area contributed by atoms with Crippen LogP contribution >= 0.6 is 12.4 Å². The molecular weight excluding hydrogens is 306 g/mol. The molecule has 2 aliphatic rings. The van der Waals surface area contributed by atoms with Crippen molar-refractivity contribution >= 4 is 24.2 Å². The van der Waals surface area contributed by atoms with Gasteiger partial charge >= 0.3 is 0 Å². The van der Waals surface area contributed by atoms with E-state index >= 15 is 0 Å². The second kappa shape index (κ2) is 8.70. The van der Waals surface area contributed by atoms with Crippen molar-refractivity contribution in [1.82, 2.24) is 15.5 Å². The van der Waals surface area contributed by atoms with Gasteiger partial charge in [0, 0.05) is 32.7 Å². The van der Waals surface area contributed by atoms with Crippen LogP contribution in [0.25, 0.3) is 0 Å². The molecule has 0 spiro atoms. The first kappa shape index (κ1) is 19.2. The zero-order valence-electron chi connectivity index (χ0n) is 13.5. The summed E-state index contributed by atoms with van der Waals surface area (Å²) in [7, 11) is 1.64. The highest BCUT2D eigenvalue weighted by Crippen LogP contribution is 2.29. The summed E-state index contributed by atoms with van der Waals surface area (Å²) in [5.74, 6) is 0.259. The maximum Gasteiger partial charge on any atom is 0.228 e. The number of piperidine rings is 1. The van der Waals surface area contributed by atoms with Crippen LogP contribution in [0.15, 0.2) is 0 Å². The third-order valence-corrected chi connectivity index (χ3v) is 4.51. The lowest BCUT2D eigenvalue weighted by molar-refractivity contribution is -0.137. The van der Waals surface area contributed by atoms with Crippen LogP contribution < -0.4 is 10.6 Å². The molecule has 2 rings (SSSR count). The number of halogens is 1. The van der Waals surface area contributed by atoms with Crippen molar-refractivity contribution in [3.05, 3.63) is 0 Å². The maximum atomic E-state index is 12.7. The van der Waals surface area contributed by atoms with Crippen molar-refractivity contribution in [2.75, 3.05) is 39.9 Å². The van der Waals surface area contributed by atoms with Crippen LogP contribution in [0.1, 0.15) is 32.6 Å². The first-order valence-corrected chi connectivity index (χ1v) is 7.86. The van der Waals surface area contributed by atoms with Gasteiger partial charge in [0.1, 0.15) is 0 Å². The summed E-state index contributed by atoms with van der Waals surface area (Å²) in [5.41, 5.74) is -0.427. The summed E-state index contributed by atoms with van der Waals surface area (Å²) in [6.07, 6.45) is 3.16. The molecule has 7 heteroatoms. The number of ether oxygens (including phenoxy) is 1. The zero-order chi connectivity index (χ0) is 15.3. The highest BCUT2D eigenvalue weighted by atomic mass is 35.5. The van der Waals surface area contributed by atoms with Crippen LogP contribution in [0.3, 0.4) is 0 Å². The highest BCUT2D eigenvalue weighted by molar-refractivity contribution is 5.85. The molecule has 0 aliphatic carbocycles. The number of hydrogen-bond donors (Lipinski definition) is 2. The molecular formula is C15H28ClN3O3. The maximum absolute atomic E-state index is 12.7. The average Bonchev–Trinajstić information content (AvgIpc) is 2.85. The molecule has 1 unspecified atom stereocenters. The van der Waals surface area contributed by atoms with Gasteiger partial charge in [0.25, 0.3) is 0 Å². The number of hydrogen-bond acceptors (Lipinski definition) is 4. The third-order valence-electron chi connectivity index (χ3n) is 4.51. The van der Waals surface area contributed by atoms with E-state index in [2.05, 4.69) is 10.6 Å². The van der Waals surface area contributed by atoms with E-state index in [1.165, 1.54) is 0 Å². The van der Waals surface area contributed by atoms with Crippen LogP contribution in [0.5, 0.6) is 0 Å². The quantitative estimate of drug-likeness (QED) is 0.745. The van der Waals surface area contributed by atoms with E-state index in [1.807, 2.05) is 11.8 Å². The summed E-state index contributed by atoms with van der Waals surface area (Å²) in [6.45, 7) is 5.52. The minimum absolute atomic E-state index is 0. The van der Waals surface area contributed by atoms with Gasteiger partial charge in [0.2, 0.25) is 11.8 Å². The lowest BCUT2D eigenvalue weighted by Crippen LogP contribution is -2.53. The van der Waals surface area contributed by atoms with E-state index in [9.17, 15) is 9.59 Å². The summed E-state index contributed by atoms with van der Waals surface area (Å²) in [4.78, 5) is 26.1. The second-order valence-corrected chi connectivity index (χ2v) is 6.28. The summed E-state index contributed by atoms with van der Waals surface area (Å²) < 4.78 is 5.28. The SMILES string of the molecule is COCC1(C(=O)NC(C)CN2CCCC2=O)CCNCC1.Cl. The molecule has 0 aromatic carbocycles. The fraction of sp³-hybridized carbons (Fsp3) is 0.867. The molecule has 0 aromatic heterocycles. The zero-order valence-corrected chi connectivity index (χ0v) is 14.3. The molecule has 2 saturated heterocycles. The number of carbonyl (C=O) groups is 2. The molecule has 2 amide bonds. The van der Waals surface area contributed by atoms with Crippen LogP contribution in [0.4, 0.5) is 0 Å². The molecule has 0 radical (unpaired) electrons. The number of nitrogens with zero attached hydrogens (tertiary/aromatic N) is 1. The largest absolute Gasteiger partial charge is 0.384 e. The van der Waals surface area contributed by atoms with E-state index in [1.54, 1.807) is 7.11 Å². The molecule has 0 bridgehead atoms. The average molecular weight is 334 g/mol. The van der Waals surface area contributed by atoms with E-state index in [0.717, 1.165) is 38.9 Å². The Morgan fingerprint density at radius 1 is 1.45 bits per heavy atom. The number of nitrogens with one attached hydrogen (secondary N) is 2. The van der Waals surface area contributed by atoms with Crippen molar-refractivity contribution in [3.63, 3.8) is 0 Å². The minimum Gasteiger partial charge on any atom is -0.384 e. The molecule has 22 heavy (non-hydrogen) atoms. The monoisotopic (exact) mass is 333 g/mol. The van der Waals surface area contributed by atoms with Gasteiger partial charge in [0.05, 0.1) is 12.0 Å². The van der Waals surface area contributed by atoms with Crippen LogP contribution in [-0.4, -0.2) is 62.7 Å². The first-order chi connectivity index (χ1) is 10.1. The summed E-state index contributed by atoms with van der Waals surface area (Å²) in [6, 6.07) is -0.0248. The second-order valence-electron chi connectivity index (χ2n) is 6.28. The molecule has 2 aliphatic heterocycles. The summed E-state index contributed by atoms with van der Waals surface area (Å²) >= 11 is 0. The normalized spacial score (nSPS) is 22.1. The van der Waals surface area contributed by atoms with Gasteiger partial charge in [-0.15, -0.1) is 12.4 Å². The molecule has 2 N–H and O–H groups in total. The smallest absolute Gasteiger partial charge is 0.228 e. The lowest BCUT2D eigenvalue weighted by atomic mass is 9.78. The molecule has 2 fully saturated rings. The number of rotatable bonds is 6. The summed E-state index contributed by atoms with van der Waals surface area (Å²) in [5, 5.41) is 6.36. The van der Waals surface area contributed by atoms with Crippen molar-refractivity contribution in [3.8, 4) is 0 Å². The predicted octanol–water partition coefficient (Wildman–Crippen LogP) is 0.552.